The quantitative estimate of drug-likeness (QED) is 0.876. The fourth-order valence-electron chi connectivity index (χ4n) is 2.77. The Morgan fingerprint density at radius 1 is 1.28 bits per heavy atom. The van der Waals surface area contributed by atoms with Gasteiger partial charge in [-0.25, -0.2) is 0 Å². The minimum absolute atomic E-state index is 0.0684. The van der Waals surface area contributed by atoms with Crippen molar-refractivity contribution in [2.75, 3.05) is 0 Å². The minimum Gasteiger partial charge on any atom is -0.481 e. The Morgan fingerprint density at radius 3 is 2.83 bits per heavy atom. The standard InChI is InChI=1S/C15H13NO2/c1-9-4-2-5-10-12(8-13(17)18)11-6-3-7-16-15(11)14(9)10/h2-7,12H,8H2,1H3,(H,17,18). The molecule has 0 bridgehead atoms. The third-order valence-corrected chi connectivity index (χ3v) is 3.51. The molecule has 3 nitrogen and oxygen atoms in total. The van der Waals surface area contributed by atoms with Crippen LogP contribution in [0.2, 0.25) is 0 Å². The maximum absolute atomic E-state index is 11.0. The molecule has 1 heterocycles. The van der Waals surface area contributed by atoms with Crippen LogP contribution in [0, 0.1) is 6.92 Å². The number of carboxylic acid groups (broad SMARTS) is 1. The zero-order valence-electron chi connectivity index (χ0n) is 10.1. The summed E-state index contributed by atoms with van der Waals surface area (Å²) in [6.07, 6.45) is 1.88. The lowest BCUT2D eigenvalue weighted by Gasteiger charge is -2.10. The lowest BCUT2D eigenvalue weighted by Crippen LogP contribution is -2.05. The van der Waals surface area contributed by atoms with Gasteiger partial charge in [0, 0.05) is 17.7 Å². The lowest BCUT2D eigenvalue weighted by atomic mass is 9.93. The molecular weight excluding hydrogens is 226 g/mol. The van der Waals surface area contributed by atoms with Crippen LogP contribution in [-0.2, 0) is 4.79 Å². The van der Waals surface area contributed by atoms with Crippen LogP contribution < -0.4 is 0 Å². The molecule has 0 radical (unpaired) electrons. The maximum atomic E-state index is 11.0. The molecule has 3 rings (SSSR count). The van der Waals surface area contributed by atoms with E-state index in [-0.39, 0.29) is 12.3 Å². The molecule has 1 aromatic carbocycles. The van der Waals surface area contributed by atoms with E-state index in [0.717, 1.165) is 27.9 Å². The monoisotopic (exact) mass is 239 g/mol. The molecule has 1 unspecified atom stereocenters. The van der Waals surface area contributed by atoms with Crippen molar-refractivity contribution in [1.29, 1.82) is 0 Å². The average Bonchev–Trinajstić information content (AvgIpc) is 2.65. The van der Waals surface area contributed by atoms with Crippen molar-refractivity contribution in [3.8, 4) is 11.3 Å². The second-order valence-electron chi connectivity index (χ2n) is 4.63. The zero-order chi connectivity index (χ0) is 12.7. The maximum Gasteiger partial charge on any atom is 0.304 e. The number of fused-ring (bicyclic) bond motifs is 3. The van der Waals surface area contributed by atoms with Crippen molar-refractivity contribution < 1.29 is 9.90 Å². The Labute approximate surface area is 105 Å². The Kier molecular flexibility index (Phi) is 2.40. The van der Waals surface area contributed by atoms with E-state index in [1.807, 2.05) is 37.3 Å². The Balaban J connectivity index is 2.25. The van der Waals surface area contributed by atoms with E-state index in [0.29, 0.717) is 0 Å². The van der Waals surface area contributed by atoms with Crippen molar-refractivity contribution >= 4 is 5.97 Å². The topological polar surface area (TPSA) is 50.2 Å². The van der Waals surface area contributed by atoms with Crippen LogP contribution in [0.4, 0.5) is 0 Å². The number of benzene rings is 1. The van der Waals surface area contributed by atoms with Gasteiger partial charge >= 0.3 is 5.97 Å². The van der Waals surface area contributed by atoms with Gasteiger partial charge in [-0.2, -0.15) is 0 Å². The van der Waals surface area contributed by atoms with Gasteiger partial charge in [0.1, 0.15) is 0 Å². The molecule has 0 amide bonds. The number of carbonyl (C=O) groups is 1. The molecule has 0 saturated carbocycles. The molecule has 90 valence electrons. The van der Waals surface area contributed by atoms with Gasteiger partial charge in [0.15, 0.2) is 0 Å². The highest BCUT2D eigenvalue weighted by Crippen LogP contribution is 2.46. The number of pyridine rings is 1. The summed E-state index contributed by atoms with van der Waals surface area (Å²) in [5, 5.41) is 9.07. The summed E-state index contributed by atoms with van der Waals surface area (Å²) in [5.41, 5.74) is 5.33. The molecule has 1 aliphatic carbocycles. The molecule has 0 aliphatic heterocycles. The first kappa shape index (κ1) is 11.0. The number of aromatic nitrogens is 1. The molecule has 3 heteroatoms. The number of aliphatic carboxylic acids is 1. The first-order valence-electron chi connectivity index (χ1n) is 5.95. The zero-order valence-corrected chi connectivity index (χ0v) is 10.1. The molecular formula is C15H13NO2. The molecule has 1 aromatic heterocycles. The highest BCUT2D eigenvalue weighted by Gasteiger charge is 2.31. The summed E-state index contributed by atoms with van der Waals surface area (Å²) in [5.74, 6) is -0.842. The molecule has 0 fully saturated rings. The molecule has 1 aliphatic rings. The molecule has 1 N–H and O–H groups in total. The van der Waals surface area contributed by atoms with Crippen LogP contribution in [0.1, 0.15) is 29.0 Å². The Bertz CT molecular complexity index is 634. The summed E-state index contributed by atoms with van der Waals surface area (Å²) < 4.78 is 0. The third-order valence-electron chi connectivity index (χ3n) is 3.51. The second kappa shape index (κ2) is 3.95. The summed E-state index contributed by atoms with van der Waals surface area (Å²) in [6, 6.07) is 9.89. The number of aryl methyl sites for hydroxylation is 1. The summed E-state index contributed by atoms with van der Waals surface area (Å²) >= 11 is 0. The van der Waals surface area contributed by atoms with E-state index in [9.17, 15) is 4.79 Å². The molecule has 1 atom stereocenters. The summed E-state index contributed by atoms with van der Waals surface area (Å²) in [7, 11) is 0. The SMILES string of the molecule is Cc1cccc2c1-c1ncccc1C2CC(=O)O. The highest BCUT2D eigenvalue weighted by atomic mass is 16.4. The number of nitrogens with zero attached hydrogens (tertiary/aromatic N) is 1. The smallest absolute Gasteiger partial charge is 0.304 e. The van der Waals surface area contributed by atoms with Gasteiger partial charge in [0.05, 0.1) is 12.1 Å². The molecule has 2 aromatic rings. The fourth-order valence-corrected chi connectivity index (χ4v) is 2.77. The van der Waals surface area contributed by atoms with E-state index in [1.54, 1.807) is 6.20 Å². The van der Waals surface area contributed by atoms with E-state index >= 15 is 0 Å². The number of carboxylic acids is 1. The van der Waals surface area contributed by atoms with Crippen LogP contribution in [0.25, 0.3) is 11.3 Å². The minimum atomic E-state index is -0.774. The van der Waals surface area contributed by atoms with Crippen molar-refractivity contribution in [3.05, 3.63) is 53.2 Å². The van der Waals surface area contributed by atoms with Crippen LogP contribution in [0.15, 0.2) is 36.5 Å². The van der Waals surface area contributed by atoms with Crippen LogP contribution >= 0.6 is 0 Å². The van der Waals surface area contributed by atoms with Gasteiger partial charge in [0.2, 0.25) is 0 Å². The number of hydrogen-bond acceptors (Lipinski definition) is 2. The van der Waals surface area contributed by atoms with E-state index in [2.05, 4.69) is 4.98 Å². The highest BCUT2D eigenvalue weighted by molar-refractivity contribution is 5.81. The second-order valence-corrected chi connectivity index (χ2v) is 4.63. The van der Waals surface area contributed by atoms with Gasteiger partial charge < -0.3 is 5.11 Å². The first-order chi connectivity index (χ1) is 8.68. The number of rotatable bonds is 2. The van der Waals surface area contributed by atoms with Crippen molar-refractivity contribution in [1.82, 2.24) is 4.98 Å². The third kappa shape index (κ3) is 1.51. The van der Waals surface area contributed by atoms with Gasteiger partial charge in [-0.15, -0.1) is 0 Å². The van der Waals surface area contributed by atoms with Crippen molar-refractivity contribution in [2.45, 2.75) is 19.3 Å². The average molecular weight is 239 g/mol. The van der Waals surface area contributed by atoms with E-state index < -0.39 is 5.97 Å². The van der Waals surface area contributed by atoms with Crippen LogP contribution in [0.5, 0.6) is 0 Å². The van der Waals surface area contributed by atoms with E-state index in [4.69, 9.17) is 5.11 Å². The summed E-state index contributed by atoms with van der Waals surface area (Å²) in [4.78, 5) is 15.5. The van der Waals surface area contributed by atoms with Crippen LogP contribution in [0.3, 0.4) is 0 Å². The van der Waals surface area contributed by atoms with Crippen molar-refractivity contribution in [3.63, 3.8) is 0 Å². The van der Waals surface area contributed by atoms with Gasteiger partial charge in [-0.1, -0.05) is 24.3 Å². The summed E-state index contributed by atoms with van der Waals surface area (Å²) in [6.45, 7) is 2.04. The van der Waals surface area contributed by atoms with Crippen LogP contribution in [-0.4, -0.2) is 16.1 Å². The van der Waals surface area contributed by atoms with E-state index in [1.165, 1.54) is 0 Å². The lowest BCUT2D eigenvalue weighted by molar-refractivity contribution is -0.137. The largest absolute Gasteiger partial charge is 0.481 e. The molecule has 18 heavy (non-hydrogen) atoms. The molecule has 0 saturated heterocycles. The molecule has 0 spiro atoms. The van der Waals surface area contributed by atoms with Crippen molar-refractivity contribution in [2.24, 2.45) is 0 Å². The Morgan fingerprint density at radius 2 is 2.06 bits per heavy atom. The van der Waals surface area contributed by atoms with Gasteiger partial charge in [-0.05, 0) is 29.7 Å². The predicted molar refractivity (Wildman–Crippen MR) is 68.5 cm³/mol. The predicted octanol–water partition coefficient (Wildman–Crippen LogP) is 2.98. The fraction of sp³-hybridized carbons (Fsp3) is 0.200. The van der Waals surface area contributed by atoms with Gasteiger partial charge in [0.25, 0.3) is 0 Å². The Hall–Kier alpha value is -2.16. The first-order valence-corrected chi connectivity index (χ1v) is 5.95. The number of hydrogen-bond donors (Lipinski definition) is 1. The van der Waals surface area contributed by atoms with Gasteiger partial charge in [-0.3, -0.25) is 9.78 Å². The normalized spacial score (nSPS) is 16.2.